The Morgan fingerprint density at radius 2 is 2.15 bits per heavy atom. The number of benzene rings is 1. The molecule has 6 nitrogen and oxygen atoms in total. The molecule has 6 heteroatoms. The molecule has 1 atom stereocenters. The fourth-order valence-electron chi connectivity index (χ4n) is 3.32. The fourth-order valence-corrected chi connectivity index (χ4v) is 3.32. The van der Waals surface area contributed by atoms with E-state index in [0.29, 0.717) is 11.7 Å². The van der Waals surface area contributed by atoms with Gasteiger partial charge >= 0.3 is 0 Å². The van der Waals surface area contributed by atoms with Gasteiger partial charge in [0.25, 0.3) is 5.56 Å². The summed E-state index contributed by atoms with van der Waals surface area (Å²) in [5.74, 6) is 2.73. The predicted octanol–water partition coefficient (Wildman–Crippen LogP) is 3.37. The summed E-state index contributed by atoms with van der Waals surface area (Å²) < 4.78 is 5.72. The molecule has 2 aromatic heterocycles. The third kappa shape index (κ3) is 3.84. The summed E-state index contributed by atoms with van der Waals surface area (Å²) in [5, 5.41) is 3.41. The van der Waals surface area contributed by atoms with Crippen molar-refractivity contribution in [3.8, 4) is 17.1 Å². The smallest absolute Gasteiger partial charge is 0.251 e. The summed E-state index contributed by atoms with van der Waals surface area (Å²) in [5.41, 5.74) is 2.67. The van der Waals surface area contributed by atoms with Gasteiger partial charge in [0, 0.05) is 36.0 Å². The number of ether oxygens (including phenoxy) is 1. The number of H-pyrrole nitrogens is 1. The Morgan fingerprint density at radius 1 is 1.26 bits per heavy atom. The first-order valence-electron chi connectivity index (χ1n) is 9.25. The minimum Gasteiger partial charge on any atom is -0.493 e. The van der Waals surface area contributed by atoms with Gasteiger partial charge in [-0.25, -0.2) is 9.97 Å². The van der Waals surface area contributed by atoms with Crippen LogP contribution in [0.15, 0.2) is 53.5 Å². The summed E-state index contributed by atoms with van der Waals surface area (Å²) in [4.78, 5) is 23.5. The van der Waals surface area contributed by atoms with Crippen molar-refractivity contribution in [2.24, 2.45) is 0 Å². The Bertz CT molecular complexity index is 982. The Labute approximate surface area is 157 Å². The topological polar surface area (TPSA) is 79.9 Å². The van der Waals surface area contributed by atoms with Gasteiger partial charge in [-0.05, 0) is 36.6 Å². The van der Waals surface area contributed by atoms with Crippen LogP contribution in [-0.4, -0.2) is 28.1 Å². The van der Waals surface area contributed by atoms with Gasteiger partial charge in [0.2, 0.25) is 0 Å². The lowest BCUT2D eigenvalue weighted by Crippen LogP contribution is -2.21. The van der Waals surface area contributed by atoms with Gasteiger partial charge in [-0.1, -0.05) is 25.1 Å². The van der Waals surface area contributed by atoms with Crippen molar-refractivity contribution in [1.29, 1.82) is 0 Å². The maximum Gasteiger partial charge on any atom is 0.251 e. The summed E-state index contributed by atoms with van der Waals surface area (Å²) in [6, 6.07) is 13.6. The first-order valence-corrected chi connectivity index (χ1v) is 9.25. The largest absolute Gasteiger partial charge is 0.493 e. The van der Waals surface area contributed by atoms with E-state index < -0.39 is 0 Å². The standard InChI is InChI=1S/C21H22N4O2/c1-2-16-11-20(26)25-21(24-16)15-7-8-19(23-13-15)22-12-14-9-10-27-18-6-4-3-5-17(14)18/h3-8,11,13-14H,2,9-10,12H2,1H3,(H,22,23)(H,24,25,26). The van der Waals surface area contributed by atoms with Crippen LogP contribution in [0.5, 0.6) is 5.75 Å². The molecule has 4 rings (SSSR count). The summed E-state index contributed by atoms with van der Waals surface area (Å²) >= 11 is 0. The Kier molecular flexibility index (Phi) is 4.87. The van der Waals surface area contributed by atoms with E-state index in [1.807, 2.05) is 37.3 Å². The third-order valence-corrected chi connectivity index (χ3v) is 4.81. The van der Waals surface area contributed by atoms with Gasteiger partial charge in [0.05, 0.1) is 6.61 Å². The maximum absolute atomic E-state index is 11.7. The van der Waals surface area contributed by atoms with Crippen LogP contribution in [0.4, 0.5) is 5.82 Å². The summed E-state index contributed by atoms with van der Waals surface area (Å²) in [7, 11) is 0. The van der Waals surface area contributed by atoms with Crippen LogP contribution in [0, 0.1) is 0 Å². The number of pyridine rings is 1. The van der Waals surface area contributed by atoms with Crippen LogP contribution in [0.1, 0.15) is 30.5 Å². The second-order valence-corrected chi connectivity index (χ2v) is 6.62. The Balaban J connectivity index is 1.46. The Morgan fingerprint density at radius 3 is 2.96 bits per heavy atom. The number of nitrogens with zero attached hydrogens (tertiary/aromatic N) is 2. The van der Waals surface area contributed by atoms with Crippen LogP contribution in [-0.2, 0) is 6.42 Å². The van der Waals surface area contributed by atoms with Gasteiger partial charge in [-0.3, -0.25) is 4.79 Å². The molecule has 0 radical (unpaired) electrons. The lowest BCUT2D eigenvalue weighted by Gasteiger charge is -2.26. The van der Waals surface area contributed by atoms with E-state index in [-0.39, 0.29) is 5.56 Å². The second-order valence-electron chi connectivity index (χ2n) is 6.62. The van der Waals surface area contributed by atoms with E-state index in [1.165, 1.54) is 11.6 Å². The lowest BCUT2D eigenvalue weighted by molar-refractivity contribution is 0.270. The molecule has 0 bridgehead atoms. The Hall–Kier alpha value is -3.15. The van der Waals surface area contributed by atoms with E-state index in [0.717, 1.165) is 48.8 Å². The molecule has 0 saturated heterocycles. The highest BCUT2D eigenvalue weighted by molar-refractivity contribution is 5.56. The molecular weight excluding hydrogens is 340 g/mol. The highest BCUT2D eigenvalue weighted by Gasteiger charge is 2.20. The van der Waals surface area contributed by atoms with Crippen LogP contribution in [0.3, 0.4) is 0 Å². The normalized spacial score (nSPS) is 15.7. The van der Waals surface area contributed by atoms with Gasteiger partial charge < -0.3 is 15.0 Å². The van der Waals surface area contributed by atoms with Gasteiger partial charge in [0.15, 0.2) is 0 Å². The molecule has 2 N–H and O–H groups in total. The van der Waals surface area contributed by atoms with E-state index >= 15 is 0 Å². The van der Waals surface area contributed by atoms with Crippen molar-refractivity contribution in [2.45, 2.75) is 25.7 Å². The van der Waals surface area contributed by atoms with Crippen LogP contribution in [0.2, 0.25) is 0 Å². The van der Waals surface area contributed by atoms with Gasteiger partial charge in [-0.2, -0.15) is 0 Å². The van der Waals surface area contributed by atoms with Crippen molar-refractivity contribution in [3.63, 3.8) is 0 Å². The fraction of sp³-hybridized carbons (Fsp3) is 0.286. The molecule has 0 aliphatic carbocycles. The van der Waals surface area contributed by atoms with Gasteiger partial charge in [0.1, 0.15) is 17.4 Å². The summed E-state index contributed by atoms with van der Waals surface area (Å²) in [6.45, 7) is 3.51. The molecule has 1 aliphatic rings. The van der Waals surface area contributed by atoms with Crippen molar-refractivity contribution >= 4 is 5.82 Å². The average Bonchev–Trinajstić information content (AvgIpc) is 2.72. The highest BCUT2D eigenvalue weighted by Crippen LogP contribution is 2.33. The molecule has 27 heavy (non-hydrogen) atoms. The molecule has 3 heterocycles. The SMILES string of the molecule is CCc1cc(=O)[nH]c(-c2ccc(NCC3CCOc4ccccc43)nc2)n1. The number of aryl methyl sites for hydroxylation is 1. The zero-order valence-electron chi connectivity index (χ0n) is 15.2. The number of nitrogens with one attached hydrogen (secondary N) is 2. The number of aromatic amines is 1. The number of anilines is 1. The second kappa shape index (κ2) is 7.61. The van der Waals surface area contributed by atoms with E-state index in [4.69, 9.17) is 4.74 Å². The zero-order valence-corrected chi connectivity index (χ0v) is 15.2. The predicted molar refractivity (Wildman–Crippen MR) is 105 cm³/mol. The number of aromatic nitrogens is 3. The molecular formula is C21H22N4O2. The van der Waals surface area contributed by atoms with Crippen molar-refractivity contribution in [2.75, 3.05) is 18.5 Å². The van der Waals surface area contributed by atoms with E-state index in [1.54, 1.807) is 6.20 Å². The highest BCUT2D eigenvalue weighted by atomic mass is 16.5. The minimum absolute atomic E-state index is 0.141. The zero-order chi connectivity index (χ0) is 18.6. The van der Waals surface area contributed by atoms with Crippen molar-refractivity contribution in [3.05, 3.63) is 70.3 Å². The van der Waals surface area contributed by atoms with Crippen LogP contribution < -0.4 is 15.6 Å². The molecule has 138 valence electrons. The quantitative estimate of drug-likeness (QED) is 0.727. The first-order chi connectivity index (χ1) is 13.2. The monoisotopic (exact) mass is 362 g/mol. The molecule has 0 amide bonds. The molecule has 1 unspecified atom stereocenters. The summed E-state index contributed by atoms with van der Waals surface area (Å²) in [6.07, 6.45) is 3.44. The minimum atomic E-state index is -0.141. The number of fused-ring (bicyclic) bond motifs is 1. The van der Waals surface area contributed by atoms with Crippen molar-refractivity contribution < 1.29 is 4.74 Å². The third-order valence-electron chi connectivity index (χ3n) is 4.81. The van der Waals surface area contributed by atoms with E-state index in [2.05, 4.69) is 26.3 Å². The van der Waals surface area contributed by atoms with Crippen LogP contribution in [0.25, 0.3) is 11.4 Å². The number of para-hydroxylation sites is 1. The van der Waals surface area contributed by atoms with Crippen molar-refractivity contribution in [1.82, 2.24) is 15.0 Å². The first kappa shape index (κ1) is 17.3. The van der Waals surface area contributed by atoms with Gasteiger partial charge in [-0.15, -0.1) is 0 Å². The lowest BCUT2D eigenvalue weighted by atomic mass is 9.93. The number of rotatable bonds is 5. The van der Waals surface area contributed by atoms with E-state index in [9.17, 15) is 4.79 Å². The number of hydrogen-bond donors (Lipinski definition) is 2. The maximum atomic E-state index is 11.7. The molecule has 1 aromatic carbocycles. The molecule has 0 spiro atoms. The average molecular weight is 362 g/mol. The molecule has 0 saturated carbocycles. The molecule has 3 aromatic rings. The number of hydrogen-bond acceptors (Lipinski definition) is 5. The van der Waals surface area contributed by atoms with Crippen LogP contribution >= 0.6 is 0 Å². The molecule has 0 fully saturated rings. The molecule has 1 aliphatic heterocycles.